The maximum Gasteiger partial charge on any atom is 0.231 e. The van der Waals surface area contributed by atoms with Crippen LogP contribution in [-0.2, 0) is 0 Å². The predicted octanol–water partition coefficient (Wildman–Crippen LogP) is 2.84. The second-order valence-electron chi connectivity index (χ2n) is 4.03. The van der Waals surface area contributed by atoms with Crippen molar-refractivity contribution in [1.29, 1.82) is 0 Å². The molecule has 0 bridgehead atoms. The molecule has 0 saturated carbocycles. The SMILES string of the molecule is Ic1cc2c(cc1Sc1ncc3[nH]cnc3n1)OCO2. The van der Waals surface area contributed by atoms with Crippen LogP contribution in [0, 0.1) is 3.57 Å². The summed E-state index contributed by atoms with van der Waals surface area (Å²) in [7, 11) is 0. The zero-order valence-corrected chi connectivity index (χ0v) is 12.9. The first-order valence-corrected chi connectivity index (χ1v) is 7.62. The fraction of sp³-hybridized carbons (Fsp3) is 0.0833. The molecule has 0 amide bonds. The highest BCUT2D eigenvalue weighted by Gasteiger charge is 2.17. The summed E-state index contributed by atoms with van der Waals surface area (Å²) < 4.78 is 11.8. The first kappa shape index (κ1) is 12.2. The minimum atomic E-state index is 0.273. The van der Waals surface area contributed by atoms with Crippen LogP contribution >= 0.6 is 34.4 Å². The van der Waals surface area contributed by atoms with E-state index in [2.05, 4.69) is 42.5 Å². The molecule has 100 valence electrons. The third-order valence-corrected chi connectivity index (χ3v) is 4.98. The number of hydrogen-bond acceptors (Lipinski definition) is 6. The highest BCUT2D eigenvalue weighted by Crippen LogP contribution is 2.40. The first-order valence-electron chi connectivity index (χ1n) is 5.73. The van der Waals surface area contributed by atoms with Gasteiger partial charge in [0.15, 0.2) is 22.3 Å². The smallest absolute Gasteiger partial charge is 0.231 e. The van der Waals surface area contributed by atoms with Gasteiger partial charge in [-0.15, -0.1) is 0 Å². The Bertz CT molecular complexity index is 807. The molecule has 0 saturated heterocycles. The van der Waals surface area contributed by atoms with Crippen molar-refractivity contribution in [3.63, 3.8) is 0 Å². The molecule has 2 aromatic heterocycles. The van der Waals surface area contributed by atoms with Gasteiger partial charge in [-0.3, -0.25) is 0 Å². The maximum atomic E-state index is 5.39. The minimum absolute atomic E-state index is 0.273. The third kappa shape index (κ3) is 2.08. The summed E-state index contributed by atoms with van der Waals surface area (Å²) in [5, 5.41) is 0.654. The molecule has 0 radical (unpaired) electrons. The molecule has 3 heterocycles. The van der Waals surface area contributed by atoms with Crippen LogP contribution in [-0.4, -0.2) is 26.7 Å². The van der Waals surface area contributed by atoms with Gasteiger partial charge in [0.2, 0.25) is 6.79 Å². The summed E-state index contributed by atoms with van der Waals surface area (Å²) in [6.45, 7) is 0.273. The van der Waals surface area contributed by atoms with Crippen molar-refractivity contribution in [3.05, 3.63) is 28.2 Å². The second-order valence-corrected chi connectivity index (χ2v) is 6.20. The largest absolute Gasteiger partial charge is 0.454 e. The highest BCUT2D eigenvalue weighted by atomic mass is 127. The van der Waals surface area contributed by atoms with E-state index in [0.717, 1.165) is 25.5 Å². The van der Waals surface area contributed by atoms with Gasteiger partial charge in [-0.2, -0.15) is 0 Å². The van der Waals surface area contributed by atoms with Gasteiger partial charge in [-0.1, -0.05) is 0 Å². The lowest BCUT2D eigenvalue weighted by Gasteiger charge is -2.05. The van der Waals surface area contributed by atoms with Crippen molar-refractivity contribution in [1.82, 2.24) is 19.9 Å². The fourth-order valence-electron chi connectivity index (χ4n) is 1.84. The standard InChI is InChI=1S/C12H7IN4O2S/c13-6-1-8-9(19-5-18-8)2-10(6)20-12-14-3-7-11(17-12)16-4-15-7/h1-4H,5H2,(H,14,15,16,17). The molecule has 1 aliphatic rings. The number of benzene rings is 1. The number of aromatic nitrogens is 4. The van der Waals surface area contributed by atoms with Gasteiger partial charge in [-0.05, 0) is 46.5 Å². The molecule has 4 rings (SSSR count). The zero-order chi connectivity index (χ0) is 13.5. The summed E-state index contributed by atoms with van der Waals surface area (Å²) >= 11 is 3.74. The van der Waals surface area contributed by atoms with E-state index in [-0.39, 0.29) is 6.79 Å². The van der Waals surface area contributed by atoms with Crippen molar-refractivity contribution < 1.29 is 9.47 Å². The third-order valence-electron chi connectivity index (χ3n) is 2.78. The fourth-order valence-corrected chi connectivity index (χ4v) is 3.37. The quantitative estimate of drug-likeness (QED) is 0.529. The minimum Gasteiger partial charge on any atom is -0.454 e. The molecule has 0 aliphatic carbocycles. The Morgan fingerprint density at radius 3 is 2.95 bits per heavy atom. The van der Waals surface area contributed by atoms with E-state index in [1.54, 1.807) is 12.5 Å². The van der Waals surface area contributed by atoms with E-state index in [0.29, 0.717) is 10.8 Å². The number of imidazole rings is 1. The van der Waals surface area contributed by atoms with E-state index in [1.165, 1.54) is 11.8 Å². The molecule has 0 fully saturated rings. The average Bonchev–Trinajstić information content (AvgIpc) is 3.06. The van der Waals surface area contributed by atoms with Crippen LogP contribution in [0.4, 0.5) is 0 Å². The van der Waals surface area contributed by atoms with Crippen LogP contribution in [0.2, 0.25) is 0 Å². The highest BCUT2D eigenvalue weighted by molar-refractivity contribution is 14.1. The normalized spacial score (nSPS) is 13.1. The number of fused-ring (bicyclic) bond motifs is 2. The van der Waals surface area contributed by atoms with Crippen LogP contribution in [0.1, 0.15) is 0 Å². The number of rotatable bonds is 2. The van der Waals surface area contributed by atoms with E-state index >= 15 is 0 Å². The van der Waals surface area contributed by atoms with Crippen LogP contribution in [0.15, 0.2) is 34.7 Å². The van der Waals surface area contributed by atoms with Crippen LogP contribution in [0.5, 0.6) is 11.5 Å². The summed E-state index contributed by atoms with van der Waals surface area (Å²) in [6.07, 6.45) is 3.34. The molecule has 0 unspecified atom stereocenters. The van der Waals surface area contributed by atoms with Gasteiger partial charge >= 0.3 is 0 Å². The summed E-state index contributed by atoms with van der Waals surface area (Å²) in [6, 6.07) is 3.91. The zero-order valence-electron chi connectivity index (χ0n) is 9.96. The van der Waals surface area contributed by atoms with E-state index in [9.17, 15) is 0 Å². The lowest BCUT2D eigenvalue weighted by Crippen LogP contribution is -1.92. The van der Waals surface area contributed by atoms with Crippen LogP contribution in [0.25, 0.3) is 11.2 Å². The van der Waals surface area contributed by atoms with Gasteiger partial charge in [-0.25, -0.2) is 15.0 Å². The molecule has 8 heteroatoms. The number of hydrogen-bond donors (Lipinski definition) is 1. The molecule has 6 nitrogen and oxygen atoms in total. The number of halogens is 1. The predicted molar refractivity (Wildman–Crippen MR) is 81.1 cm³/mol. The molecular formula is C12H7IN4O2S. The molecule has 0 spiro atoms. The van der Waals surface area contributed by atoms with Crippen molar-refractivity contribution in [3.8, 4) is 11.5 Å². The van der Waals surface area contributed by atoms with Gasteiger partial charge in [0, 0.05) is 8.47 Å². The molecular weight excluding hydrogens is 391 g/mol. The first-order chi connectivity index (χ1) is 9.79. The Hall–Kier alpha value is -1.55. The maximum absolute atomic E-state index is 5.39. The van der Waals surface area contributed by atoms with Crippen molar-refractivity contribution in [2.45, 2.75) is 10.1 Å². The van der Waals surface area contributed by atoms with E-state index in [1.807, 2.05) is 12.1 Å². The number of nitrogens with one attached hydrogen (secondary N) is 1. The summed E-state index contributed by atoms with van der Waals surface area (Å²) in [4.78, 5) is 16.9. The number of aromatic amines is 1. The van der Waals surface area contributed by atoms with Crippen molar-refractivity contribution >= 4 is 45.5 Å². The van der Waals surface area contributed by atoms with Gasteiger partial charge in [0.1, 0.15) is 5.52 Å². The molecule has 3 aromatic rings. The lowest BCUT2D eigenvalue weighted by atomic mass is 10.3. The van der Waals surface area contributed by atoms with E-state index < -0.39 is 0 Å². The van der Waals surface area contributed by atoms with Gasteiger partial charge in [0.05, 0.1) is 12.5 Å². The monoisotopic (exact) mass is 398 g/mol. The average molecular weight is 398 g/mol. The Kier molecular flexibility index (Phi) is 2.91. The Morgan fingerprint density at radius 1 is 1.20 bits per heavy atom. The Balaban J connectivity index is 1.71. The molecule has 1 N–H and O–H groups in total. The number of H-pyrrole nitrogens is 1. The second kappa shape index (κ2) is 4.77. The van der Waals surface area contributed by atoms with E-state index in [4.69, 9.17) is 9.47 Å². The van der Waals surface area contributed by atoms with Gasteiger partial charge in [0.25, 0.3) is 0 Å². The molecule has 1 aliphatic heterocycles. The summed E-state index contributed by atoms with van der Waals surface area (Å²) in [5.74, 6) is 1.54. The number of nitrogens with zero attached hydrogens (tertiary/aromatic N) is 3. The Labute approximate surface area is 131 Å². The molecule has 0 atom stereocenters. The molecule has 1 aromatic carbocycles. The van der Waals surface area contributed by atoms with Crippen molar-refractivity contribution in [2.24, 2.45) is 0 Å². The lowest BCUT2D eigenvalue weighted by molar-refractivity contribution is 0.174. The summed E-state index contributed by atoms with van der Waals surface area (Å²) in [5.41, 5.74) is 1.49. The van der Waals surface area contributed by atoms with Crippen molar-refractivity contribution in [2.75, 3.05) is 6.79 Å². The number of ether oxygens (including phenoxy) is 2. The van der Waals surface area contributed by atoms with Gasteiger partial charge < -0.3 is 14.5 Å². The van der Waals surface area contributed by atoms with Crippen LogP contribution in [0.3, 0.4) is 0 Å². The molecule has 20 heavy (non-hydrogen) atoms. The topological polar surface area (TPSA) is 72.9 Å². The Morgan fingerprint density at radius 2 is 2.05 bits per heavy atom. The van der Waals surface area contributed by atoms with Crippen LogP contribution < -0.4 is 9.47 Å².